The molecule has 23 heavy (non-hydrogen) atoms. The summed E-state index contributed by atoms with van der Waals surface area (Å²) in [5.74, 6) is 1.07. The van der Waals surface area contributed by atoms with Gasteiger partial charge >= 0.3 is 0 Å². The standard InChI is InChI=1S/C20H23BrN2/c1-14-7-9-17(21)13-16(14)8-10-18-15(2)5-3-6-19(18)20-22-11-4-12-23-20/h3,5-7,9,13H,4,8,10-12H2,1-2H3,(H,22,23). The molecule has 0 saturated carbocycles. The Kier molecular flexibility index (Phi) is 5.16. The molecular weight excluding hydrogens is 348 g/mol. The van der Waals surface area contributed by atoms with Gasteiger partial charge in [-0.2, -0.15) is 0 Å². The first-order valence-corrected chi connectivity index (χ1v) is 9.06. The molecule has 1 aliphatic heterocycles. The van der Waals surface area contributed by atoms with Crippen molar-refractivity contribution in [2.24, 2.45) is 4.99 Å². The largest absolute Gasteiger partial charge is 0.370 e. The maximum Gasteiger partial charge on any atom is 0.128 e. The molecule has 0 atom stereocenters. The smallest absolute Gasteiger partial charge is 0.128 e. The Morgan fingerprint density at radius 2 is 1.96 bits per heavy atom. The number of rotatable bonds is 4. The van der Waals surface area contributed by atoms with Crippen LogP contribution in [0, 0.1) is 13.8 Å². The van der Waals surface area contributed by atoms with Gasteiger partial charge in [0.1, 0.15) is 5.84 Å². The third-order valence-corrected chi connectivity index (χ3v) is 5.01. The summed E-state index contributed by atoms with van der Waals surface area (Å²) in [6.07, 6.45) is 3.22. The molecule has 0 aliphatic carbocycles. The zero-order chi connectivity index (χ0) is 16.2. The number of hydrogen-bond acceptors (Lipinski definition) is 2. The molecule has 1 N–H and O–H groups in total. The first-order valence-electron chi connectivity index (χ1n) is 8.27. The maximum absolute atomic E-state index is 4.69. The third-order valence-electron chi connectivity index (χ3n) is 4.52. The van der Waals surface area contributed by atoms with Gasteiger partial charge in [-0.25, -0.2) is 0 Å². The van der Waals surface area contributed by atoms with Crippen molar-refractivity contribution in [2.75, 3.05) is 13.1 Å². The van der Waals surface area contributed by atoms with Crippen molar-refractivity contribution in [3.05, 3.63) is 68.7 Å². The van der Waals surface area contributed by atoms with Crippen molar-refractivity contribution in [3.63, 3.8) is 0 Å². The molecule has 0 saturated heterocycles. The molecule has 2 aromatic rings. The van der Waals surface area contributed by atoms with Crippen molar-refractivity contribution in [2.45, 2.75) is 33.1 Å². The zero-order valence-electron chi connectivity index (χ0n) is 13.8. The minimum atomic E-state index is 0.931. The van der Waals surface area contributed by atoms with E-state index in [-0.39, 0.29) is 0 Å². The summed E-state index contributed by atoms with van der Waals surface area (Å²) in [5.41, 5.74) is 6.81. The molecule has 0 unspecified atom stereocenters. The van der Waals surface area contributed by atoms with Gasteiger partial charge in [-0.05, 0) is 67.5 Å². The highest BCUT2D eigenvalue weighted by Crippen LogP contribution is 2.21. The Balaban J connectivity index is 1.87. The van der Waals surface area contributed by atoms with Gasteiger partial charge < -0.3 is 5.32 Å². The molecule has 3 heteroatoms. The van der Waals surface area contributed by atoms with Gasteiger partial charge in [0, 0.05) is 23.1 Å². The quantitative estimate of drug-likeness (QED) is 0.835. The molecule has 120 valence electrons. The molecule has 0 fully saturated rings. The van der Waals surface area contributed by atoms with E-state index in [1.807, 2.05) is 0 Å². The van der Waals surface area contributed by atoms with E-state index in [0.29, 0.717) is 0 Å². The maximum atomic E-state index is 4.69. The van der Waals surface area contributed by atoms with Crippen LogP contribution in [0.3, 0.4) is 0 Å². The van der Waals surface area contributed by atoms with Crippen molar-refractivity contribution < 1.29 is 0 Å². The predicted octanol–water partition coefficient (Wildman–Crippen LogP) is 4.59. The number of nitrogens with zero attached hydrogens (tertiary/aromatic N) is 1. The minimum absolute atomic E-state index is 0.931. The molecular formula is C20H23BrN2. The topological polar surface area (TPSA) is 24.4 Å². The summed E-state index contributed by atoms with van der Waals surface area (Å²) in [4.78, 5) is 4.69. The highest BCUT2D eigenvalue weighted by molar-refractivity contribution is 9.10. The van der Waals surface area contributed by atoms with Crippen LogP contribution in [-0.2, 0) is 12.8 Å². The van der Waals surface area contributed by atoms with E-state index in [1.54, 1.807) is 0 Å². The Morgan fingerprint density at radius 3 is 2.74 bits per heavy atom. The first kappa shape index (κ1) is 16.3. The van der Waals surface area contributed by atoms with E-state index in [9.17, 15) is 0 Å². The van der Waals surface area contributed by atoms with Crippen LogP contribution in [0.15, 0.2) is 45.9 Å². The molecule has 0 amide bonds. The number of benzene rings is 2. The normalized spacial score (nSPS) is 14.3. The lowest BCUT2D eigenvalue weighted by Crippen LogP contribution is -2.31. The van der Waals surface area contributed by atoms with E-state index in [1.165, 1.54) is 27.8 Å². The number of amidine groups is 1. The Morgan fingerprint density at radius 1 is 1.09 bits per heavy atom. The summed E-state index contributed by atoms with van der Waals surface area (Å²) in [6, 6.07) is 13.1. The number of nitrogens with one attached hydrogen (secondary N) is 1. The Labute approximate surface area is 147 Å². The van der Waals surface area contributed by atoms with Crippen LogP contribution in [0.2, 0.25) is 0 Å². The molecule has 3 rings (SSSR count). The second-order valence-corrected chi connectivity index (χ2v) is 7.10. The van der Waals surface area contributed by atoms with Gasteiger partial charge in [-0.3, -0.25) is 4.99 Å². The first-order chi connectivity index (χ1) is 11.1. The lowest BCUT2D eigenvalue weighted by molar-refractivity contribution is 0.741. The highest BCUT2D eigenvalue weighted by Gasteiger charge is 2.13. The zero-order valence-corrected chi connectivity index (χ0v) is 15.4. The van der Waals surface area contributed by atoms with Crippen molar-refractivity contribution in [3.8, 4) is 0 Å². The van der Waals surface area contributed by atoms with Gasteiger partial charge in [0.25, 0.3) is 0 Å². The monoisotopic (exact) mass is 370 g/mol. The Hall–Kier alpha value is -1.61. The molecule has 0 bridgehead atoms. The summed E-state index contributed by atoms with van der Waals surface area (Å²) in [6.45, 7) is 6.35. The van der Waals surface area contributed by atoms with Gasteiger partial charge in [0.2, 0.25) is 0 Å². The summed E-state index contributed by atoms with van der Waals surface area (Å²) in [7, 11) is 0. The fraction of sp³-hybridized carbons (Fsp3) is 0.350. The molecule has 0 spiro atoms. The van der Waals surface area contributed by atoms with Crippen LogP contribution in [0.25, 0.3) is 0 Å². The fourth-order valence-corrected chi connectivity index (χ4v) is 3.55. The summed E-state index contributed by atoms with van der Waals surface area (Å²) < 4.78 is 1.15. The van der Waals surface area contributed by atoms with E-state index >= 15 is 0 Å². The van der Waals surface area contributed by atoms with Gasteiger partial charge in [-0.15, -0.1) is 0 Å². The molecule has 1 aliphatic rings. The molecule has 1 heterocycles. The van der Waals surface area contributed by atoms with Gasteiger partial charge in [0.05, 0.1) is 0 Å². The van der Waals surface area contributed by atoms with Crippen LogP contribution >= 0.6 is 15.9 Å². The number of aliphatic imine (C=N–C) groups is 1. The fourth-order valence-electron chi connectivity index (χ4n) is 3.14. The van der Waals surface area contributed by atoms with E-state index in [0.717, 1.165) is 42.7 Å². The summed E-state index contributed by atoms with van der Waals surface area (Å²) in [5, 5.41) is 3.46. The molecule has 2 nitrogen and oxygen atoms in total. The lowest BCUT2D eigenvalue weighted by Gasteiger charge is -2.19. The molecule has 0 aromatic heterocycles. The number of hydrogen-bond donors (Lipinski definition) is 1. The average Bonchev–Trinajstić information content (AvgIpc) is 2.57. The van der Waals surface area contributed by atoms with Gasteiger partial charge in [-0.1, -0.05) is 40.2 Å². The molecule has 2 aromatic carbocycles. The van der Waals surface area contributed by atoms with E-state index in [4.69, 9.17) is 0 Å². The van der Waals surface area contributed by atoms with Crippen LogP contribution in [0.1, 0.15) is 34.2 Å². The van der Waals surface area contributed by atoms with Gasteiger partial charge in [0.15, 0.2) is 0 Å². The van der Waals surface area contributed by atoms with E-state index < -0.39 is 0 Å². The van der Waals surface area contributed by atoms with Crippen molar-refractivity contribution in [1.82, 2.24) is 5.32 Å². The van der Waals surface area contributed by atoms with Crippen LogP contribution < -0.4 is 5.32 Å². The molecule has 0 radical (unpaired) electrons. The average molecular weight is 371 g/mol. The van der Waals surface area contributed by atoms with Crippen molar-refractivity contribution >= 4 is 21.8 Å². The minimum Gasteiger partial charge on any atom is -0.370 e. The number of halogens is 1. The Bertz CT molecular complexity index is 734. The second-order valence-electron chi connectivity index (χ2n) is 6.18. The van der Waals surface area contributed by atoms with E-state index in [2.05, 4.69) is 76.5 Å². The van der Waals surface area contributed by atoms with Crippen LogP contribution in [-0.4, -0.2) is 18.9 Å². The van der Waals surface area contributed by atoms with Crippen LogP contribution in [0.4, 0.5) is 0 Å². The highest BCUT2D eigenvalue weighted by atomic mass is 79.9. The summed E-state index contributed by atoms with van der Waals surface area (Å²) >= 11 is 3.58. The van der Waals surface area contributed by atoms with Crippen LogP contribution in [0.5, 0.6) is 0 Å². The SMILES string of the molecule is Cc1ccc(Br)cc1CCc1c(C)cccc1C1=NCCCN1. The second kappa shape index (κ2) is 7.31. The number of aryl methyl sites for hydroxylation is 3. The lowest BCUT2D eigenvalue weighted by atomic mass is 9.93. The van der Waals surface area contributed by atoms with Crippen molar-refractivity contribution in [1.29, 1.82) is 0 Å². The third kappa shape index (κ3) is 3.84. The predicted molar refractivity (Wildman–Crippen MR) is 101 cm³/mol.